The summed E-state index contributed by atoms with van der Waals surface area (Å²) in [6.07, 6.45) is 1.39. The lowest BCUT2D eigenvalue weighted by molar-refractivity contribution is -0.125. The van der Waals surface area contributed by atoms with Crippen molar-refractivity contribution in [3.63, 3.8) is 0 Å². The summed E-state index contributed by atoms with van der Waals surface area (Å²) in [5.41, 5.74) is 9.72. The Morgan fingerprint density at radius 1 is 0.938 bits per heavy atom. The summed E-state index contributed by atoms with van der Waals surface area (Å²) < 4.78 is 5.64. The first-order valence-corrected chi connectivity index (χ1v) is 10.9. The average Bonchev–Trinajstić information content (AvgIpc) is 2.84. The standard InChI is InChI=1S/C27H29N3O2/c1-30-17-15-27(16-18-30,26(28)31)22-13-14-24(32-2)23(19-22)29-25(20-9-5-3-6-10-20)21-11-7-4-8-12-21/h3-14,19H,15-18H2,1-2H3,(H2,28,31). The van der Waals surface area contributed by atoms with Gasteiger partial charge in [-0.25, -0.2) is 4.99 Å². The van der Waals surface area contributed by atoms with Gasteiger partial charge in [-0.3, -0.25) is 4.79 Å². The van der Waals surface area contributed by atoms with Gasteiger partial charge in [0.15, 0.2) is 0 Å². The van der Waals surface area contributed by atoms with E-state index in [1.165, 1.54) is 0 Å². The summed E-state index contributed by atoms with van der Waals surface area (Å²) in [5, 5.41) is 0. The van der Waals surface area contributed by atoms with Gasteiger partial charge in [0.1, 0.15) is 11.4 Å². The fourth-order valence-corrected chi connectivity index (χ4v) is 4.36. The molecule has 1 heterocycles. The lowest BCUT2D eigenvalue weighted by Crippen LogP contribution is -2.49. The van der Waals surface area contributed by atoms with Crippen LogP contribution in [0.4, 0.5) is 5.69 Å². The van der Waals surface area contributed by atoms with E-state index in [0.717, 1.165) is 35.5 Å². The second kappa shape index (κ2) is 9.37. The maximum absolute atomic E-state index is 12.7. The molecule has 2 N–H and O–H groups in total. The zero-order valence-electron chi connectivity index (χ0n) is 18.6. The van der Waals surface area contributed by atoms with Crippen molar-refractivity contribution in [2.45, 2.75) is 18.3 Å². The first kappa shape index (κ1) is 21.8. The maximum Gasteiger partial charge on any atom is 0.228 e. The number of nitrogens with zero attached hydrogens (tertiary/aromatic N) is 2. The number of hydrogen-bond acceptors (Lipinski definition) is 4. The summed E-state index contributed by atoms with van der Waals surface area (Å²) >= 11 is 0. The zero-order valence-corrected chi connectivity index (χ0v) is 18.6. The van der Waals surface area contributed by atoms with Crippen molar-refractivity contribution in [1.82, 2.24) is 4.90 Å². The Labute approximate surface area is 189 Å². The maximum atomic E-state index is 12.7. The number of rotatable bonds is 6. The molecule has 0 aromatic heterocycles. The minimum atomic E-state index is -0.692. The van der Waals surface area contributed by atoms with Crippen molar-refractivity contribution >= 4 is 17.3 Å². The topological polar surface area (TPSA) is 67.9 Å². The molecule has 1 amide bonds. The third kappa shape index (κ3) is 4.30. The van der Waals surface area contributed by atoms with Crippen molar-refractivity contribution < 1.29 is 9.53 Å². The molecule has 0 aliphatic carbocycles. The van der Waals surface area contributed by atoms with Gasteiger partial charge in [-0.1, -0.05) is 66.7 Å². The van der Waals surface area contributed by atoms with Crippen LogP contribution in [0.5, 0.6) is 5.75 Å². The Hall–Kier alpha value is -3.44. The number of ether oxygens (including phenoxy) is 1. The molecule has 0 spiro atoms. The van der Waals surface area contributed by atoms with Gasteiger partial charge in [0.2, 0.25) is 5.91 Å². The first-order valence-electron chi connectivity index (χ1n) is 10.9. The molecule has 0 radical (unpaired) electrons. The molecule has 1 fully saturated rings. The number of amides is 1. The number of nitrogens with two attached hydrogens (primary N) is 1. The highest BCUT2D eigenvalue weighted by atomic mass is 16.5. The number of carbonyl (C=O) groups excluding carboxylic acids is 1. The number of aliphatic imine (C=N–C) groups is 1. The van der Waals surface area contributed by atoms with Crippen LogP contribution in [-0.2, 0) is 10.2 Å². The van der Waals surface area contributed by atoms with Gasteiger partial charge >= 0.3 is 0 Å². The Morgan fingerprint density at radius 3 is 2.00 bits per heavy atom. The zero-order chi connectivity index (χ0) is 22.6. The van der Waals surface area contributed by atoms with Gasteiger partial charge in [0.05, 0.1) is 18.2 Å². The van der Waals surface area contributed by atoms with E-state index in [1.807, 2.05) is 78.9 Å². The highest BCUT2D eigenvalue weighted by Crippen LogP contribution is 2.40. The Bertz CT molecular complexity index is 1060. The predicted octanol–water partition coefficient (Wildman–Crippen LogP) is 4.31. The Balaban J connectivity index is 1.86. The van der Waals surface area contributed by atoms with Gasteiger partial charge < -0.3 is 15.4 Å². The molecule has 0 saturated carbocycles. The molecular formula is C27H29N3O2. The molecule has 0 atom stereocenters. The van der Waals surface area contributed by atoms with Crippen molar-refractivity contribution in [3.05, 3.63) is 95.6 Å². The van der Waals surface area contributed by atoms with E-state index in [2.05, 4.69) is 11.9 Å². The normalized spacial score (nSPS) is 15.7. The van der Waals surface area contributed by atoms with Crippen LogP contribution >= 0.6 is 0 Å². The van der Waals surface area contributed by atoms with Crippen LogP contribution in [0.2, 0.25) is 0 Å². The van der Waals surface area contributed by atoms with E-state index in [0.29, 0.717) is 24.3 Å². The molecule has 0 bridgehead atoms. The summed E-state index contributed by atoms with van der Waals surface area (Å²) in [6, 6.07) is 26.0. The summed E-state index contributed by atoms with van der Waals surface area (Å²) in [4.78, 5) is 19.9. The number of hydrogen-bond donors (Lipinski definition) is 1. The first-order chi connectivity index (χ1) is 15.5. The minimum Gasteiger partial charge on any atom is -0.494 e. The van der Waals surface area contributed by atoms with Crippen LogP contribution in [0, 0.1) is 0 Å². The van der Waals surface area contributed by atoms with Crippen LogP contribution in [0.3, 0.4) is 0 Å². The molecule has 5 nitrogen and oxygen atoms in total. The quantitative estimate of drug-likeness (QED) is 0.596. The van der Waals surface area contributed by atoms with E-state index in [1.54, 1.807) is 7.11 Å². The van der Waals surface area contributed by atoms with Gasteiger partial charge in [0, 0.05) is 11.1 Å². The molecule has 4 rings (SSSR count). The highest BCUT2D eigenvalue weighted by molar-refractivity contribution is 6.14. The summed E-state index contributed by atoms with van der Waals surface area (Å²) in [6.45, 7) is 1.65. The van der Waals surface area contributed by atoms with E-state index in [9.17, 15) is 4.79 Å². The Kier molecular flexibility index (Phi) is 6.37. The number of piperidine rings is 1. The van der Waals surface area contributed by atoms with Gasteiger partial charge in [-0.15, -0.1) is 0 Å². The van der Waals surface area contributed by atoms with E-state index in [-0.39, 0.29) is 5.91 Å². The molecule has 32 heavy (non-hydrogen) atoms. The largest absolute Gasteiger partial charge is 0.494 e. The molecule has 1 aliphatic heterocycles. The number of likely N-dealkylation sites (tertiary alicyclic amines) is 1. The van der Waals surface area contributed by atoms with E-state index >= 15 is 0 Å². The second-order valence-corrected chi connectivity index (χ2v) is 8.33. The van der Waals surface area contributed by atoms with E-state index in [4.69, 9.17) is 15.5 Å². The van der Waals surface area contributed by atoms with Gasteiger partial charge in [-0.05, 0) is 50.7 Å². The van der Waals surface area contributed by atoms with Crippen LogP contribution < -0.4 is 10.5 Å². The third-order valence-corrected chi connectivity index (χ3v) is 6.37. The number of primary amides is 1. The minimum absolute atomic E-state index is 0.281. The SMILES string of the molecule is COc1ccc(C2(C(N)=O)CCN(C)CC2)cc1N=C(c1ccccc1)c1ccccc1. The van der Waals surface area contributed by atoms with Gasteiger partial charge in [-0.2, -0.15) is 0 Å². The van der Waals surface area contributed by atoms with Crippen LogP contribution in [0.1, 0.15) is 29.5 Å². The molecule has 3 aromatic rings. The van der Waals surface area contributed by atoms with E-state index < -0.39 is 5.41 Å². The fraction of sp³-hybridized carbons (Fsp3) is 0.259. The molecule has 0 unspecified atom stereocenters. The van der Waals surface area contributed by atoms with Crippen molar-refractivity contribution in [1.29, 1.82) is 0 Å². The van der Waals surface area contributed by atoms with Crippen molar-refractivity contribution in [2.24, 2.45) is 10.7 Å². The Morgan fingerprint density at radius 2 is 1.50 bits per heavy atom. The number of benzene rings is 3. The fourth-order valence-electron chi connectivity index (χ4n) is 4.36. The summed E-state index contributed by atoms with van der Waals surface area (Å²) in [5.74, 6) is 0.377. The smallest absolute Gasteiger partial charge is 0.228 e. The summed E-state index contributed by atoms with van der Waals surface area (Å²) in [7, 11) is 3.71. The van der Waals surface area contributed by atoms with Gasteiger partial charge in [0.25, 0.3) is 0 Å². The predicted molar refractivity (Wildman–Crippen MR) is 129 cm³/mol. The second-order valence-electron chi connectivity index (χ2n) is 8.33. The molecule has 5 heteroatoms. The van der Waals surface area contributed by atoms with Crippen molar-refractivity contribution in [2.75, 3.05) is 27.2 Å². The lowest BCUT2D eigenvalue weighted by Gasteiger charge is -2.38. The third-order valence-electron chi connectivity index (χ3n) is 6.37. The molecule has 3 aromatic carbocycles. The monoisotopic (exact) mass is 427 g/mol. The number of methoxy groups -OCH3 is 1. The van der Waals surface area contributed by atoms with Crippen molar-refractivity contribution in [3.8, 4) is 5.75 Å². The molecule has 164 valence electrons. The number of carbonyl (C=O) groups is 1. The molecule has 1 saturated heterocycles. The molecular weight excluding hydrogens is 398 g/mol. The highest BCUT2D eigenvalue weighted by Gasteiger charge is 2.41. The molecule has 1 aliphatic rings. The van der Waals surface area contributed by atoms with Crippen LogP contribution in [0.15, 0.2) is 83.9 Å². The average molecular weight is 428 g/mol. The van der Waals surface area contributed by atoms with Crippen LogP contribution in [-0.4, -0.2) is 43.8 Å². The lowest BCUT2D eigenvalue weighted by atomic mass is 9.72. The van der Waals surface area contributed by atoms with Crippen LogP contribution in [0.25, 0.3) is 0 Å².